The van der Waals surface area contributed by atoms with Crippen LogP contribution in [-0.2, 0) is 9.59 Å². The lowest BCUT2D eigenvalue weighted by atomic mass is 9.79. The van der Waals surface area contributed by atoms with Crippen molar-refractivity contribution < 1.29 is 19.5 Å². The molecule has 0 saturated heterocycles. The molecule has 6 nitrogen and oxygen atoms in total. The van der Waals surface area contributed by atoms with E-state index in [9.17, 15) is 19.5 Å². The summed E-state index contributed by atoms with van der Waals surface area (Å²) in [6.45, 7) is 3.53. The zero-order valence-corrected chi connectivity index (χ0v) is 13.1. The SMILES string of the molecule is CCC(CC)(CC(=O)Nc1ccc(C(=O)NC)cc1)C(=O)O. The molecule has 2 amide bonds. The van der Waals surface area contributed by atoms with E-state index >= 15 is 0 Å². The highest BCUT2D eigenvalue weighted by Crippen LogP contribution is 2.31. The molecule has 3 N–H and O–H groups in total. The Labute approximate surface area is 129 Å². The topological polar surface area (TPSA) is 95.5 Å². The first-order valence-electron chi connectivity index (χ1n) is 7.24. The van der Waals surface area contributed by atoms with Crippen LogP contribution in [0.3, 0.4) is 0 Å². The van der Waals surface area contributed by atoms with Gasteiger partial charge in [0.15, 0.2) is 0 Å². The summed E-state index contributed by atoms with van der Waals surface area (Å²) >= 11 is 0. The smallest absolute Gasteiger partial charge is 0.310 e. The van der Waals surface area contributed by atoms with Crippen molar-refractivity contribution in [3.63, 3.8) is 0 Å². The van der Waals surface area contributed by atoms with E-state index in [0.29, 0.717) is 24.1 Å². The molecule has 0 aliphatic rings. The summed E-state index contributed by atoms with van der Waals surface area (Å²) in [6, 6.07) is 6.42. The number of anilines is 1. The number of hydrogen-bond donors (Lipinski definition) is 3. The fourth-order valence-electron chi connectivity index (χ4n) is 2.24. The number of aliphatic carboxylic acids is 1. The summed E-state index contributed by atoms with van der Waals surface area (Å²) in [5.41, 5.74) is -0.0156. The maximum Gasteiger partial charge on any atom is 0.310 e. The first-order chi connectivity index (χ1) is 10.4. The second-order valence-corrected chi connectivity index (χ2v) is 5.17. The Bertz CT molecular complexity index is 548. The predicted octanol–water partition coefficient (Wildman–Crippen LogP) is 2.27. The Balaban J connectivity index is 2.76. The van der Waals surface area contributed by atoms with E-state index in [4.69, 9.17) is 0 Å². The van der Waals surface area contributed by atoms with Crippen molar-refractivity contribution in [1.82, 2.24) is 5.32 Å². The standard InChI is InChI=1S/C16H22N2O4/c1-4-16(5-2,15(21)22)10-13(19)18-12-8-6-11(7-9-12)14(20)17-3/h6-9H,4-5,10H2,1-3H3,(H,17,20)(H,18,19)(H,21,22). The van der Waals surface area contributed by atoms with E-state index in [1.54, 1.807) is 45.2 Å². The minimum Gasteiger partial charge on any atom is -0.481 e. The third kappa shape index (κ3) is 4.07. The molecule has 6 heteroatoms. The maximum absolute atomic E-state index is 12.1. The van der Waals surface area contributed by atoms with Crippen LogP contribution in [0.2, 0.25) is 0 Å². The number of benzene rings is 1. The molecule has 1 rings (SSSR count). The van der Waals surface area contributed by atoms with Gasteiger partial charge in [0.05, 0.1) is 5.41 Å². The van der Waals surface area contributed by atoms with Crippen molar-refractivity contribution >= 4 is 23.5 Å². The molecule has 0 heterocycles. The van der Waals surface area contributed by atoms with Crippen LogP contribution in [0.5, 0.6) is 0 Å². The lowest BCUT2D eigenvalue weighted by Gasteiger charge is -2.25. The van der Waals surface area contributed by atoms with E-state index in [1.807, 2.05) is 0 Å². The molecule has 0 saturated carbocycles. The number of amides is 2. The van der Waals surface area contributed by atoms with Crippen LogP contribution in [0.1, 0.15) is 43.5 Å². The molecular formula is C16H22N2O4. The van der Waals surface area contributed by atoms with Crippen molar-refractivity contribution in [2.24, 2.45) is 5.41 Å². The second-order valence-electron chi connectivity index (χ2n) is 5.17. The van der Waals surface area contributed by atoms with Crippen LogP contribution in [0.4, 0.5) is 5.69 Å². The van der Waals surface area contributed by atoms with Crippen molar-refractivity contribution in [2.75, 3.05) is 12.4 Å². The molecule has 0 aromatic heterocycles. The molecule has 1 aromatic rings. The van der Waals surface area contributed by atoms with Crippen LogP contribution < -0.4 is 10.6 Å². The Morgan fingerprint density at radius 2 is 1.64 bits per heavy atom. The molecular weight excluding hydrogens is 284 g/mol. The molecule has 0 atom stereocenters. The normalized spacial score (nSPS) is 10.9. The zero-order chi connectivity index (χ0) is 16.8. The van der Waals surface area contributed by atoms with Crippen LogP contribution in [0.15, 0.2) is 24.3 Å². The van der Waals surface area contributed by atoms with Gasteiger partial charge >= 0.3 is 5.97 Å². The monoisotopic (exact) mass is 306 g/mol. The van der Waals surface area contributed by atoms with E-state index in [0.717, 1.165) is 0 Å². The molecule has 0 unspecified atom stereocenters. The van der Waals surface area contributed by atoms with E-state index in [1.165, 1.54) is 0 Å². The number of carbonyl (C=O) groups excluding carboxylic acids is 2. The van der Waals surface area contributed by atoms with Gasteiger partial charge in [0.2, 0.25) is 5.91 Å². The highest BCUT2D eigenvalue weighted by molar-refractivity contribution is 5.96. The molecule has 22 heavy (non-hydrogen) atoms. The first kappa shape index (κ1) is 17.7. The summed E-state index contributed by atoms with van der Waals surface area (Å²) in [4.78, 5) is 34.9. The summed E-state index contributed by atoms with van der Waals surface area (Å²) in [5.74, 6) is -1.51. The number of carboxylic acid groups (broad SMARTS) is 1. The quantitative estimate of drug-likeness (QED) is 0.720. The van der Waals surface area contributed by atoms with E-state index in [-0.39, 0.29) is 18.2 Å². The number of nitrogens with one attached hydrogen (secondary N) is 2. The van der Waals surface area contributed by atoms with Crippen molar-refractivity contribution in [3.05, 3.63) is 29.8 Å². The van der Waals surface area contributed by atoms with Gasteiger partial charge in [0.25, 0.3) is 5.91 Å². The highest BCUT2D eigenvalue weighted by Gasteiger charge is 2.37. The molecule has 0 spiro atoms. The molecule has 0 fully saturated rings. The largest absolute Gasteiger partial charge is 0.481 e. The minimum absolute atomic E-state index is 0.0769. The third-order valence-electron chi connectivity index (χ3n) is 3.96. The Hall–Kier alpha value is -2.37. The average molecular weight is 306 g/mol. The van der Waals surface area contributed by atoms with Gasteiger partial charge in [0.1, 0.15) is 0 Å². The van der Waals surface area contributed by atoms with Gasteiger partial charge in [-0.25, -0.2) is 0 Å². The Kier molecular flexibility index (Phi) is 6.10. The molecule has 0 radical (unpaired) electrons. The van der Waals surface area contributed by atoms with Gasteiger partial charge in [-0.3, -0.25) is 14.4 Å². The number of carboxylic acids is 1. The van der Waals surface area contributed by atoms with Gasteiger partial charge in [0, 0.05) is 24.7 Å². The number of carbonyl (C=O) groups is 3. The van der Waals surface area contributed by atoms with Gasteiger partial charge in [-0.1, -0.05) is 13.8 Å². The maximum atomic E-state index is 12.1. The average Bonchev–Trinajstić information content (AvgIpc) is 2.52. The van der Waals surface area contributed by atoms with Crippen LogP contribution in [0.25, 0.3) is 0 Å². The Morgan fingerprint density at radius 3 is 2.05 bits per heavy atom. The van der Waals surface area contributed by atoms with Crippen molar-refractivity contribution in [1.29, 1.82) is 0 Å². The van der Waals surface area contributed by atoms with E-state index in [2.05, 4.69) is 10.6 Å². The molecule has 120 valence electrons. The fraction of sp³-hybridized carbons (Fsp3) is 0.438. The van der Waals surface area contributed by atoms with Gasteiger partial charge in [-0.15, -0.1) is 0 Å². The Morgan fingerprint density at radius 1 is 1.09 bits per heavy atom. The highest BCUT2D eigenvalue weighted by atomic mass is 16.4. The summed E-state index contributed by atoms with van der Waals surface area (Å²) in [7, 11) is 1.54. The van der Waals surface area contributed by atoms with Gasteiger partial charge in [-0.05, 0) is 37.1 Å². The number of hydrogen-bond acceptors (Lipinski definition) is 3. The second kappa shape index (κ2) is 7.59. The van der Waals surface area contributed by atoms with E-state index < -0.39 is 11.4 Å². The zero-order valence-electron chi connectivity index (χ0n) is 13.1. The lowest BCUT2D eigenvalue weighted by Crippen LogP contribution is -2.34. The minimum atomic E-state index is -1.04. The number of rotatable bonds is 7. The molecule has 0 aliphatic heterocycles. The predicted molar refractivity (Wildman–Crippen MR) is 83.7 cm³/mol. The van der Waals surface area contributed by atoms with Crippen LogP contribution in [0, 0.1) is 5.41 Å². The molecule has 0 aliphatic carbocycles. The van der Waals surface area contributed by atoms with Crippen molar-refractivity contribution in [2.45, 2.75) is 33.1 Å². The fourth-order valence-corrected chi connectivity index (χ4v) is 2.24. The van der Waals surface area contributed by atoms with Gasteiger partial charge < -0.3 is 15.7 Å². The molecule has 1 aromatic carbocycles. The molecule has 0 bridgehead atoms. The summed E-state index contributed by atoms with van der Waals surface area (Å²) < 4.78 is 0. The lowest BCUT2D eigenvalue weighted by molar-refractivity contribution is -0.151. The summed E-state index contributed by atoms with van der Waals surface area (Å²) in [5, 5.41) is 14.5. The third-order valence-corrected chi connectivity index (χ3v) is 3.96. The van der Waals surface area contributed by atoms with Crippen LogP contribution in [-0.4, -0.2) is 29.9 Å². The first-order valence-corrected chi connectivity index (χ1v) is 7.24. The van der Waals surface area contributed by atoms with Gasteiger partial charge in [-0.2, -0.15) is 0 Å². The van der Waals surface area contributed by atoms with Crippen LogP contribution >= 0.6 is 0 Å². The van der Waals surface area contributed by atoms with Crippen molar-refractivity contribution in [3.8, 4) is 0 Å². The summed E-state index contributed by atoms with van der Waals surface area (Å²) in [6.07, 6.45) is 0.705.